The van der Waals surface area contributed by atoms with E-state index in [4.69, 9.17) is 5.73 Å². The molecule has 15 heavy (non-hydrogen) atoms. The first-order chi connectivity index (χ1) is 7.25. The molecule has 0 aliphatic carbocycles. The summed E-state index contributed by atoms with van der Waals surface area (Å²) >= 11 is 0. The van der Waals surface area contributed by atoms with Gasteiger partial charge >= 0.3 is 0 Å². The van der Waals surface area contributed by atoms with Gasteiger partial charge in [-0.2, -0.15) is 0 Å². The second kappa shape index (κ2) is 4.22. The minimum Gasteiger partial charge on any atom is -0.368 e. The maximum absolute atomic E-state index is 11.7. The number of aromatic nitrogens is 2. The van der Waals surface area contributed by atoms with E-state index < -0.39 is 0 Å². The summed E-state index contributed by atoms with van der Waals surface area (Å²) in [4.78, 5) is 19.2. The predicted molar refractivity (Wildman–Crippen MR) is 55.2 cm³/mol. The van der Waals surface area contributed by atoms with E-state index in [2.05, 4.69) is 20.6 Å². The van der Waals surface area contributed by atoms with Crippen LogP contribution in [-0.2, 0) is 0 Å². The molecule has 1 unspecified atom stereocenters. The molecule has 0 spiro atoms. The van der Waals surface area contributed by atoms with Crippen molar-refractivity contribution in [2.24, 2.45) is 0 Å². The fourth-order valence-electron chi connectivity index (χ4n) is 1.54. The largest absolute Gasteiger partial charge is 0.368 e. The number of nitrogens with two attached hydrogens (primary N) is 1. The molecular formula is C9H13N5O. The lowest BCUT2D eigenvalue weighted by atomic mass is 10.2. The molecular weight excluding hydrogens is 194 g/mol. The second-order valence-corrected chi connectivity index (χ2v) is 3.46. The van der Waals surface area contributed by atoms with Crippen LogP contribution in [0.3, 0.4) is 0 Å². The molecule has 0 radical (unpaired) electrons. The zero-order valence-electron chi connectivity index (χ0n) is 8.23. The van der Waals surface area contributed by atoms with E-state index in [1.165, 1.54) is 6.20 Å². The lowest BCUT2D eigenvalue weighted by Gasteiger charge is -2.10. The smallest absolute Gasteiger partial charge is 0.270 e. The Hall–Kier alpha value is -1.69. The van der Waals surface area contributed by atoms with Gasteiger partial charge in [-0.15, -0.1) is 0 Å². The van der Waals surface area contributed by atoms with E-state index in [0.717, 1.165) is 19.5 Å². The summed E-state index contributed by atoms with van der Waals surface area (Å²) in [6, 6.07) is 1.74. The van der Waals surface area contributed by atoms with Crippen LogP contribution in [0.15, 0.2) is 12.3 Å². The van der Waals surface area contributed by atoms with Crippen molar-refractivity contribution in [2.75, 3.05) is 18.8 Å². The summed E-state index contributed by atoms with van der Waals surface area (Å²) in [5.41, 5.74) is 5.70. The number of nitrogen functional groups attached to an aromatic ring is 1. The summed E-state index contributed by atoms with van der Waals surface area (Å²) in [5.74, 6) is -0.0787. The highest BCUT2D eigenvalue weighted by molar-refractivity contribution is 5.92. The molecule has 1 fully saturated rings. The van der Waals surface area contributed by atoms with Crippen molar-refractivity contribution in [3.05, 3.63) is 18.0 Å². The molecule has 80 valence electrons. The maximum Gasteiger partial charge on any atom is 0.270 e. The number of amides is 1. The Balaban J connectivity index is 2.01. The molecule has 0 saturated carbocycles. The summed E-state index contributed by atoms with van der Waals surface area (Å²) in [6.45, 7) is 1.75. The first-order valence-electron chi connectivity index (χ1n) is 4.86. The number of carbonyl (C=O) groups excluding carboxylic acids is 1. The van der Waals surface area contributed by atoms with E-state index in [9.17, 15) is 4.79 Å². The standard InChI is InChI=1S/C9H13N5O/c10-9-12-4-2-7(14-9)8(15)13-6-1-3-11-5-6/h2,4,6,11H,1,3,5H2,(H,13,15)(H2,10,12,14). The van der Waals surface area contributed by atoms with Gasteiger partial charge in [-0.3, -0.25) is 4.79 Å². The van der Waals surface area contributed by atoms with Crippen LogP contribution >= 0.6 is 0 Å². The van der Waals surface area contributed by atoms with Crippen molar-refractivity contribution in [1.29, 1.82) is 0 Å². The minimum absolute atomic E-state index is 0.118. The predicted octanol–water partition coefficient (Wildman–Crippen LogP) is -0.849. The van der Waals surface area contributed by atoms with Gasteiger partial charge in [-0.25, -0.2) is 9.97 Å². The van der Waals surface area contributed by atoms with Gasteiger partial charge in [-0.05, 0) is 19.0 Å². The molecule has 6 nitrogen and oxygen atoms in total. The SMILES string of the molecule is Nc1nccc(C(=O)NC2CCNC2)n1. The minimum atomic E-state index is -0.196. The number of hydrogen-bond acceptors (Lipinski definition) is 5. The summed E-state index contributed by atoms with van der Waals surface area (Å²) in [5, 5.41) is 6.04. The number of hydrogen-bond donors (Lipinski definition) is 3. The third kappa shape index (κ3) is 2.41. The van der Waals surface area contributed by atoms with Crippen molar-refractivity contribution >= 4 is 11.9 Å². The molecule has 1 amide bonds. The van der Waals surface area contributed by atoms with Crippen LogP contribution in [0.1, 0.15) is 16.9 Å². The van der Waals surface area contributed by atoms with E-state index in [1.807, 2.05) is 0 Å². The van der Waals surface area contributed by atoms with Crippen molar-refractivity contribution in [2.45, 2.75) is 12.5 Å². The quantitative estimate of drug-likeness (QED) is 0.587. The van der Waals surface area contributed by atoms with Crippen LogP contribution in [0, 0.1) is 0 Å². The molecule has 1 aromatic rings. The number of anilines is 1. The second-order valence-electron chi connectivity index (χ2n) is 3.46. The number of rotatable bonds is 2. The fraction of sp³-hybridized carbons (Fsp3) is 0.444. The van der Waals surface area contributed by atoms with Crippen LogP contribution in [-0.4, -0.2) is 35.0 Å². The van der Waals surface area contributed by atoms with Crippen LogP contribution in [0.25, 0.3) is 0 Å². The monoisotopic (exact) mass is 207 g/mol. The fourth-order valence-corrected chi connectivity index (χ4v) is 1.54. The van der Waals surface area contributed by atoms with Gasteiger partial charge in [0.2, 0.25) is 5.95 Å². The topological polar surface area (TPSA) is 92.9 Å². The van der Waals surface area contributed by atoms with Crippen molar-refractivity contribution in [1.82, 2.24) is 20.6 Å². The Morgan fingerprint density at radius 3 is 3.20 bits per heavy atom. The van der Waals surface area contributed by atoms with Gasteiger partial charge < -0.3 is 16.4 Å². The van der Waals surface area contributed by atoms with Gasteiger partial charge in [-0.1, -0.05) is 0 Å². The number of nitrogens with zero attached hydrogens (tertiary/aromatic N) is 2. The molecule has 0 aromatic carbocycles. The highest BCUT2D eigenvalue weighted by atomic mass is 16.1. The Labute approximate surface area is 87.3 Å². The van der Waals surface area contributed by atoms with Crippen LogP contribution < -0.4 is 16.4 Å². The lowest BCUT2D eigenvalue weighted by molar-refractivity contribution is 0.0935. The van der Waals surface area contributed by atoms with E-state index in [0.29, 0.717) is 5.69 Å². The molecule has 1 aliphatic heterocycles. The lowest BCUT2D eigenvalue weighted by Crippen LogP contribution is -2.36. The molecule has 6 heteroatoms. The zero-order valence-corrected chi connectivity index (χ0v) is 8.23. The van der Waals surface area contributed by atoms with Gasteiger partial charge in [0.25, 0.3) is 5.91 Å². The van der Waals surface area contributed by atoms with Gasteiger partial charge in [0.1, 0.15) is 5.69 Å². The Morgan fingerprint density at radius 1 is 1.67 bits per heavy atom. The molecule has 0 bridgehead atoms. The third-order valence-corrected chi connectivity index (χ3v) is 2.30. The van der Waals surface area contributed by atoms with Crippen molar-refractivity contribution in [3.63, 3.8) is 0 Å². The molecule has 2 heterocycles. The highest BCUT2D eigenvalue weighted by Gasteiger charge is 2.18. The molecule has 2 rings (SSSR count). The van der Waals surface area contributed by atoms with Crippen LogP contribution in [0.4, 0.5) is 5.95 Å². The average molecular weight is 207 g/mol. The van der Waals surface area contributed by atoms with Gasteiger partial charge in [0, 0.05) is 18.8 Å². The van der Waals surface area contributed by atoms with E-state index in [-0.39, 0.29) is 17.9 Å². The van der Waals surface area contributed by atoms with Gasteiger partial charge in [0.05, 0.1) is 0 Å². The Morgan fingerprint density at radius 2 is 2.53 bits per heavy atom. The van der Waals surface area contributed by atoms with Gasteiger partial charge in [0.15, 0.2) is 0 Å². The first kappa shape index (κ1) is 9.85. The normalized spacial score (nSPS) is 20.1. The number of nitrogens with one attached hydrogen (secondary N) is 2. The van der Waals surface area contributed by atoms with E-state index >= 15 is 0 Å². The average Bonchev–Trinajstić information content (AvgIpc) is 2.70. The molecule has 1 atom stereocenters. The maximum atomic E-state index is 11.7. The Bertz CT molecular complexity index is 361. The molecule has 1 aliphatic rings. The van der Waals surface area contributed by atoms with Crippen LogP contribution in [0.2, 0.25) is 0 Å². The summed E-state index contributed by atoms with van der Waals surface area (Å²) in [7, 11) is 0. The molecule has 1 aromatic heterocycles. The van der Waals surface area contributed by atoms with Crippen molar-refractivity contribution < 1.29 is 4.79 Å². The number of carbonyl (C=O) groups is 1. The third-order valence-electron chi connectivity index (χ3n) is 2.30. The van der Waals surface area contributed by atoms with Crippen molar-refractivity contribution in [3.8, 4) is 0 Å². The van der Waals surface area contributed by atoms with Crippen LogP contribution in [0.5, 0.6) is 0 Å². The summed E-state index contributed by atoms with van der Waals surface area (Å²) in [6.07, 6.45) is 2.43. The molecule has 4 N–H and O–H groups in total. The van der Waals surface area contributed by atoms with E-state index in [1.54, 1.807) is 6.07 Å². The molecule has 1 saturated heterocycles. The zero-order chi connectivity index (χ0) is 10.7. The summed E-state index contributed by atoms with van der Waals surface area (Å²) < 4.78 is 0. The first-order valence-corrected chi connectivity index (χ1v) is 4.86. The Kier molecular flexibility index (Phi) is 2.77. The highest BCUT2D eigenvalue weighted by Crippen LogP contribution is 2.01.